The highest BCUT2D eigenvalue weighted by Crippen LogP contribution is 2.32. The van der Waals surface area contributed by atoms with Crippen LogP contribution in [-0.2, 0) is 0 Å². The molecule has 0 bridgehead atoms. The van der Waals surface area contributed by atoms with Gasteiger partial charge in [-0.05, 0) is 55.0 Å². The topological polar surface area (TPSA) is 20.2 Å². The van der Waals surface area contributed by atoms with Gasteiger partial charge < -0.3 is 5.11 Å². The van der Waals surface area contributed by atoms with Gasteiger partial charge >= 0.3 is 0 Å². The van der Waals surface area contributed by atoms with Crippen LogP contribution in [0.3, 0.4) is 0 Å². The van der Waals surface area contributed by atoms with E-state index in [0.717, 1.165) is 32.9 Å². The molecule has 1 aliphatic carbocycles. The van der Waals surface area contributed by atoms with E-state index >= 15 is 0 Å². The Morgan fingerprint density at radius 1 is 1.06 bits per heavy atom. The zero-order valence-corrected chi connectivity index (χ0v) is 12.1. The highest BCUT2D eigenvalue weighted by atomic mass is 79.9. The summed E-state index contributed by atoms with van der Waals surface area (Å²) in [6.07, 6.45) is 6.29. The Hall–Kier alpha value is -0.120. The van der Waals surface area contributed by atoms with E-state index < -0.39 is 6.10 Å². The van der Waals surface area contributed by atoms with E-state index in [1.165, 1.54) is 12.8 Å². The standard InChI is InChI=1S/C13H14Br2O/c14-11-6-10(7-12(15)8-11)13(16)9-4-2-1-3-5-9/h4,6-8,13,16H,1-3,5H2. The van der Waals surface area contributed by atoms with Crippen LogP contribution in [0.2, 0.25) is 0 Å². The predicted molar refractivity (Wildman–Crippen MR) is 73.4 cm³/mol. The van der Waals surface area contributed by atoms with E-state index in [1.807, 2.05) is 18.2 Å². The van der Waals surface area contributed by atoms with Gasteiger partial charge in [-0.25, -0.2) is 0 Å². The molecule has 0 aromatic heterocycles. The van der Waals surface area contributed by atoms with Crippen molar-refractivity contribution in [2.75, 3.05) is 0 Å². The minimum atomic E-state index is -0.450. The first-order chi connectivity index (χ1) is 7.66. The number of hydrogen-bond donors (Lipinski definition) is 1. The molecule has 1 atom stereocenters. The molecule has 1 unspecified atom stereocenters. The van der Waals surface area contributed by atoms with Gasteiger partial charge in [-0.15, -0.1) is 0 Å². The van der Waals surface area contributed by atoms with Crippen molar-refractivity contribution in [3.63, 3.8) is 0 Å². The highest BCUT2D eigenvalue weighted by molar-refractivity contribution is 9.11. The number of rotatable bonds is 2. The Kier molecular flexibility index (Phi) is 4.22. The second-order valence-electron chi connectivity index (χ2n) is 4.13. The molecule has 1 N–H and O–H groups in total. The molecule has 86 valence electrons. The van der Waals surface area contributed by atoms with Crippen LogP contribution in [-0.4, -0.2) is 5.11 Å². The van der Waals surface area contributed by atoms with Gasteiger partial charge in [-0.1, -0.05) is 37.9 Å². The SMILES string of the molecule is OC(C1=CCCCC1)c1cc(Br)cc(Br)c1. The van der Waals surface area contributed by atoms with Crippen LogP contribution in [0.4, 0.5) is 0 Å². The minimum absolute atomic E-state index is 0.450. The summed E-state index contributed by atoms with van der Waals surface area (Å²) in [6, 6.07) is 5.93. The van der Waals surface area contributed by atoms with E-state index in [2.05, 4.69) is 37.9 Å². The average Bonchev–Trinajstić information content (AvgIpc) is 2.28. The summed E-state index contributed by atoms with van der Waals surface area (Å²) in [7, 11) is 0. The third-order valence-electron chi connectivity index (χ3n) is 2.88. The molecule has 0 aliphatic heterocycles. The normalized spacial score (nSPS) is 18.1. The zero-order chi connectivity index (χ0) is 11.5. The van der Waals surface area contributed by atoms with Crippen molar-refractivity contribution in [2.45, 2.75) is 31.8 Å². The molecule has 1 nitrogen and oxygen atoms in total. The summed E-state index contributed by atoms with van der Waals surface area (Å²) in [5.74, 6) is 0. The van der Waals surface area contributed by atoms with Crippen molar-refractivity contribution < 1.29 is 5.11 Å². The van der Waals surface area contributed by atoms with Crippen LogP contribution in [0, 0.1) is 0 Å². The van der Waals surface area contributed by atoms with Gasteiger partial charge in [0.15, 0.2) is 0 Å². The molecular weight excluding hydrogens is 332 g/mol. The number of halogens is 2. The first kappa shape index (κ1) is 12.3. The lowest BCUT2D eigenvalue weighted by Crippen LogP contribution is -2.04. The molecule has 0 saturated heterocycles. The maximum atomic E-state index is 10.3. The Bertz CT molecular complexity index is 392. The summed E-state index contributed by atoms with van der Waals surface area (Å²) in [5.41, 5.74) is 2.12. The van der Waals surface area contributed by atoms with Gasteiger partial charge in [-0.2, -0.15) is 0 Å². The number of aliphatic hydroxyl groups excluding tert-OH is 1. The third-order valence-corrected chi connectivity index (χ3v) is 3.79. The molecule has 0 radical (unpaired) electrons. The van der Waals surface area contributed by atoms with Gasteiger partial charge in [0.2, 0.25) is 0 Å². The van der Waals surface area contributed by atoms with Crippen molar-refractivity contribution in [3.05, 3.63) is 44.4 Å². The first-order valence-corrected chi connectivity index (χ1v) is 7.08. The molecule has 1 aliphatic rings. The van der Waals surface area contributed by atoms with E-state index in [1.54, 1.807) is 0 Å². The second kappa shape index (κ2) is 5.48. The maximum Gasteiger partial charge on any atom is 0.100 e. The molecule has 0 saturated carbocycles. The Labute approximate surface area is 113 Å². The van der Waals surface area contributed by atoms with E-state index in [4.69, 9.17) is 0 Å². The van der Waals surface area contributed by atoms with E-state index in [0.29, 0.717) is 0 Å². The second-order valence-corrected chi connectivity index (χ2v) is 5.96. The van der Waals surface area contributed by atoms with Crippen LogP contribution in [0.5, 0.6) is 0 Å². The van der Waals surface area contributed by atoms with Gasteiger partial charge in [0.25, 0.3) is 0 Å². The zero-order valence-electron chi connectivity index (χ0n) is 8.92. The molecule has 1 aromatic rings. The number of benzene rings is 1. The Balaban J connectivity index is 2.25. The lowest BCUT2D eigenvalue weighted by Gasteiger charge is -2.19. The largest absolute Gasteiger partial charge is 0.384 e. The van der Waals surface area contributed by atoms with Crippen molar-refractivity contribution in [3.8, 4) is 0 Å². The summed E-state index contributed by atoms with van der Waals surface area (Å²) in [5, 5.41) is 10.3. The van der Waals surface area contributed by atoms with Crippen molar-refractivity contribution in [1.82, 2.24) is 0 Å². The highest BCUT2D eigenvalue weighted by Gasteiger charge is 2.16. The molecule has 0 fully saturated rings. The molecule has 0 heterocycles. The fraction of sp³-hybridized carbons (Fsp3) is 0.385. The summed E-state index contributed by atoms with van der Waals surface area (Å²) < 4.78 is 1.99. The average molecular weight is 346 g/mol. The Morgan fingerprint density at radius 2 is 1.75 bits per heavy atom. The van der Waals surface area contributed by atoms with Crippen molar-refractivity contribution in [1.29, 1.82) is 0 Å². The third kappa shape index (κ3) is 2.96. The van der Waals surface area contributed by atoms with Crippen LogP contribution in [0.25, 0.3) is 0 Å². The lowest BCUT2D eigenvalue weighted by atomic mass is 9.92. The van der Waals surface area contributed by atoms with Crippen molar-refractivity contribution in [2.24, 2.45) is 0 Å². The molecular formula is C13H14Br2O. The molecule has 1 aromatic carbocycles. The van der Waals surface area contributed by atoms with Gasteiger partial charge in [0, 0.05) is 8.95 Å². The van der Waals surface area contributed by atoms with Gasteiger partial charge in [0.05, 0.1) is 0 Å². The van der Waals surface area contributed by atoms with E-state index in [9.17, 15) is 5.11 Å². The van der Waals surface area contributed by atoms with Gasteiger partial charge in [-0.3, -0.25) is 0 Å². The minimum Gasteiger partial charge on any atom is -0.384 e. The molecule has 16 heavy (non-hydrogen) atoms. The van der Waals surface area contributed by atoms with Gasteiger partial charge in [0.1, 0.15) is 6.10 Å². The Morgan fingerprint density at radius 3 is 2.31 bits per heavy atom. The first-order valence-electron chi connectivity index (χ1n) is 5.50. The summed E-state index contributed by atoms with van der Waals surface area (Å²) in [4.78, 5) is 0. The number of allylic oxidation sites excluding steroid dienone is 1. The van der Waals surface area contributed by atoms with E-state index in [-0.39, 0.29) is 0 Å². The maximum absolute atomic E-state index is 10.3. The summed E-state index contributed by atoms with van der Waals surface area (Å²) in [6.45, 7) is 0. The van der Waals surface area contributed by atoms with Crippen LogP contribution in [0.1, 0.15) is 37.4 Å². The van der Waals surface area contributed by atoms with Crippen molar-refractivity contribution >= 4 is 31.9 Å². The number of hydrogen-bond acceptors (Lipinski definition) is 1. The fourth-order valence-electron chi connectivity index (χ4n) is 2.06. The van der Waals surface area contributed by atoms with Crippen LogP contribution < -0.4 is 0 Å². The van der Waals surface area contributed by atoms with Crippen LogP contribution in [0.15, 0.2) is 38.8 Å². The smallest absolute Gasteiger partial charge is 0.100 e. The fourth-order valence-corrected chi connectivity index (χ4v) is 3.39. The molecule has 3 heteroatoms. The predicted octanol–water partition coefficient (Wildman–Crippen LogP) is 4.75. The molecule has 0 spiro atoms. The summed E-state index contributed by atoms with van der Waals surface area (Å²) >= 11 is 6.89. The number of aliphatic hydroxyl groups is 1. The monoisotopic (exact) mass is 344 g/mol. The van der Waals surface area contributed by atoms with Crippen LogP contribution >= 0.6 is 31.9 Å². The molecule has 0 amide bonds. The molecule has 2 rings (SSSR count). The lowest BCUT2D eigenvalue weighted by molar-refractivity contribution is 0.208. The quantitative estimate of drug-likeness (QED) is 0.767.